The van der Waals surface area contributed by atoms with E-state index in [4.69, 9.17) is 9.47 Å². The fraction of sp³-hybridized carbons (Fsp3) is 0.0714. The summed E-state index contributed by atoms with van der Waals surface area (Å²) in [7, 11) is 0. The SMILES string of the molecule is C(=C\c1ccccc1)/COC1(c2ccccc2)c2ccccc2Oc2ccccc21. The summed E-state index contributed by atoms with van der Waals surface area (Å²) in [5, 5.41) is 0. The Balaban J connectivity index is 1.62. The first-order valence-electron chi connectivity index (χ1n) is 10.2. The number of hydrogen-bond donors (Lipinski definition) is 0. The van der Waals surface area contributed by atoms with Crippen molar-refractivity contribution in [3.8, 4) is 11.5 Å². The molecular formula is C28H22O2. The minimum atomic E-state index is -0.742. The van der Waals surface area contributed by atoms with Gasteiger partial charge in [0.25, 0.3) is 0 Å². The summed E-state index contributed by atoms with van der Waals surface area (Å²) >= 11 is 0. The Bertz CT molecular complexity index is 1120. The highest BCUT2D eigenvalue weighted by Crippen LogP contribution is 2.52. The molecule has 1 aliphatic heterocycles. The molecule has 0 amide bonds. The first-order valence-corrected chi connectivity index (χ1v) is 10.2. The molecule has 0 saturated heterocycles. The maximum absolute atomic E-state index is 6.76. The zero-order valence-electron chi connectivity index (χ0n) is 16.6. The molecule has 0 aliphatic carbocycles. The summed E-state index contributed by atoms with van der Waals surface area (Å²) in [5.74, 6) is 1.65. The normalized spacial score (nSPS) is 14.0. The van der Waals surface area contributed by atoms with E-state index in [1.165, 1.54) is 0 Å². The standard InChI is InChI=1S/C28H22O2/c1-3-12-22(13-4-1)14-11-21-29-28(23-15-5-2-6-16-23)24-17-7-9-19-26(24)30-27-20-10-8-18-25(27)28/h1-20H,21H2/b14-11+. The fourth-order valence-corrected chi connectivity index (χ4v) is 4.10. The Morgan fingerprint density at radius 3 is 1.80 bits per heavy atom. The molecule has 2 heteroatoms. The number of hydrogen-bond acceptors (Lipinski definition) is 2. The second-order valence-corrected chi connectivity index (χ2v) is 7.27. The van der Waals surface area contributed by atoms with Gasteiger partial charge in [0.2, 0.25) is 0 Å². The molecule has 0 N–H and O–H groups in total. The van der Waals surface area contributed by atoms with Crippen LogP contribution in [0.15, 0.2) is 115 Å². The minimum Gasteiger partial charge on any atom is -0.457 e. The molecule has 5 rings (SSSR count). The molecule has 0 radical (unpaired) electrons. The lowest BCUT2D eigenvalue weighted by Gasteiger charge is -2.40. The molecule has 0 atom stereocenters. The quantitative estimate of drug-likeness (QED) is 0.372. The van der Waals surface area contributed by atoms with Crippen LogP contribution in [0.2, 0.25) is 0 Å². The van der Waals surface area contributed by atoms with Crippen molar-refractivity contribution < 1.29 is 9.47 Å². The van der Waals surface area contributed by atoms with Crippen LogP contribution < -0.4 is 4.74 Å². The molecule has 30 heavy (non-hydrogen) atoms. The molecule has 146 valence electrons. The molecule has 4 aromatic rings. The van der Waals surface area contributed by atoms with E-state index in [-0.39, 0.29) is 0 Å². The van der Waals surface area contributed by atoms with Crippen LogP contribution in [0.3, 0.4) is 0 Å². The monoisotopic (exact) mass is 390 g/mol. The molecule has 2 nitrogen and oxygen atoms in total. The van der Waals surface area contributed by atoms with E-state index in [0.717, 1.165) is 33.8 Å². The van der Waals surface area contributed by atoms with E-state index in [1.807, 2.05) is 60.7 Å². The molecule has 1 heterocycles. The van der Waals surface area contributed by atoms with Gasteiger partial charge in [-0.15, -0.1) is 0 Å². The molecule has 0 spiro atoms. The molecule has 4 aromatic carbocycles. The Kier molecular flexibility index (Phi) is 4.92. The van der Waals surface area contributed by atoms with Crippen molar-refractivity contribution in [1.29, 1.82) is 0 Å². The third kappa shape index (κ3) is 3.22. The van der Waals surface area contributed by atoms with Crippen molar-refractivity contribution in [1.82, 2.24) is 0 Å². The van der Waals surface area contributed by atoms with Crippen LogP contribution in [-0.4, -0.2) is 6.61 Å². The molecule has 0 saturated carbocycles. The highest BCUT2D eigenvalue weighted by molar-refractivity contribution is 5.61. The van der Waals surface area contributed by atoms with E-state index in [9.17, 15) is 0 Å². The van der Waals surface area contributed by atoms with Crippen molar-refractivity contribution >= 4 is 6.08 Å². The van der Waals surface area contributed by atoms with E-state index >= 15 is 0 Å². The van der Waals surface area contributed by atoms with E-state index < -0.39 is 5.60 Å². The Labute approximate surface area is 177 Å². The lowest BCUT2D eigenvalue weighted by atomic mass is 9.78. The number of ether oxygens (including phenoxy) is 2. The first kappa shape index (κ1) is 18.4. The first-order chi connectivity index (χ1) is 14.9. The van der Waals surface area contributed by atoms with Crippen molar-refractivity contribution in [3.63, 3.8) is 0 Å². The molecule has 0 bridgehead atoms. The summed E-state index contributed by atoms with van der Waals surface area (Å²) in [6, 6.07) is 36.9. The van der Waals surface area contributed by atoms with Crippen LogP contribution in [-0.2, 0) is 10.3 Å². The van der Waals surface area contributed by atoms with Crippen molar-refractivity contribution in [2.45, 2.75) is 5.60 Å². The second-order valence-electron chi connectivity index (χ2n) is 7.27. The Morgan fingerprint density at radius 1 is 0.633 bits per heavy atom. The summed E-state index contributed by atoms with van der Waals surface area (Å²) in [4.78, 5) is 0. The van der Waals surface area contributed by atoms with Gasteiger partial charge >= 0.3 is 0 Å². The van der Waals surface area contributed by atoms with Crippen LogP contribution in [0.25, 0.3) is 6.08 Å². The topological polar surface area (TPSA) is 18.5 Å². The predicted molar refractivity (Wildman–Crippen MR) is 121 cm³/mol. The van der Waals surface area contributed by atoms with Gasteiger partial charge in [-0.2, -0.15) is 0 Å². The van der Waals surface area contributed by atoms with Gasteiger partial charge in [0.05, 0.1) is 6.61 Å². The maximum atomic E-state index is 6.76. The summed E-state index contributed by atoms with van der Waals surface area (Å²) in [5.41, 5.74) is 3.53. The van der Waals surface area contributed by atoms with Crippen LogP contribution in [0.5, 0.6) is 11.5 Å². The van der Waals surface area contributed by atoms with Gasteiger partial charge in [-0.05, 0) is 23.3 Å². The minimum absolute atomic E-state index is 0.465. The van der Waals surface area contributed by atoms with Crippen molar-refractivity contribution in [2.75, 3.05) is 6.61 Å². The number of benzene rings is 4. The third-order valence-corrected chi connectivity index (χ3v) is 5.44. The number of rotatable bonds is 5. The Hall–Kier alpha value is -3.62. The zero-order chi connectivity index (χ0) is 20.2. The third-order valence-electron chi connectivity index (χ3n) is 5.44. The van der Waals surface area contributed by atoms with Gasteiger partial charge in [0, 0.05) is 11.1 Å². The average molecular weight is 390 g/mol. The van der Waals surface area contributed by atoms with Crippen LogP contribution in [0.4, 0.5) is 0 Å². The van der Waals surface area contributed by atoms with Gasteiger partial charge in [-0.3, -0.25) is 0 Å². The summed E-state index contributed by atoms with van der Waals surface area (Å²) in [6.07, 6.45) is 4.16. The summed E-state index contributed by atoms with van der Waals surface area (Å²) in [6.45, 7) is 0.465. The van der Waals surface area contributed by atoms with E-state index in [1.54, 1.807) is 0 Å². The lowest BCUT2D eigenvalue weighted by Crippen LogP contribution is -2.36. The van der Waals surface area contributed by atoms with Gasteiger partial charge < -0.3 is 9.47 Å². The zero-order valence-corrected chi connectivity index (χ0v) is 16.6. The van der Waals surface area contributed by atoms with Crippen LogP contribution >= 0.6 is 0 Å². The van der Waals surface area contributed by atoms with E-state index in [2.05, 4.69) is 60.7 Å². The van der Waals surface area contributed by atoms with Gasteiger partial charge in [-0.1, -0.05) is 109 Å². The molecule has 0 fully saturated rings. The van der Waals surface area contributed by atoms with Gasteiger partial charge in [0.15, 0.2) is 5.60 Å². The lowest BCUT2D eigenvalue weighted by molar-refractivity contribution is 0.0249. The second kappa shape index (κ2) is 8.02. The predicted octanol–water partition coefficient (Wildman–Crippen LogP) is 6.81. The van der Waals surface area contributed by atoms with Gasteiger partial charge in [0.1, 0.15) is 11.5 Å². The number of fused-ring (bicyclic) bond motifs is 2. The Morgan fingerprint density at radius 2 is 1.17 bits per heavy atom. The van der Waals surface area contributed by atoms with Gasteiger partial charge in [-0.25, -0.2) is 0 Å². The smallest absolute Gasteiger partial charge is 0.151 e. The van der Waals surface area contributed by atoms with Crippen molar-refractivity contribution in [3.05, 3.63) is 138 Å². The molecule has 0 aromatic heterocycles. The molecule has 0 unspecified atom stereocenters. The molecule has 1 aliphatic rings. The number of para-hydroxylation sites is 2. The van der Waals surface area contributed by atoms with Crippen LogP contribution in [0, 0.1) is 0 Å². The fourth-order valence-electron chi connectivity index (χ4n) is 4.10. The summed E-state index contributed by atoms with van der Waals surface area (Å²) < 4.78 is 13.0. The maximum Gasteiger partial charge on any atom is 0.151 e. The van der Waals surface area contributed by atoms with Crippen LogP contribution in [0.1, 0.15) is 22.3 Å². The largest absolute Gasteiger partial charge is 0.457 e. The van der Waals surface area contributed by atoms with Crippen molar-refractivity contribution in [2.24, 2.45) is 0 Å². The van der Waals surface area contributed by atoms with E-state index in [0.29, 0.717) is 6.61 Å². The highest BCUT2D eigenvalue weighted by Gasteiger charge is 2.44. The molecular weight excluding hydrogens is 368 g/mol. The highest BCUT2D eigenvalue weighted by atomic mass is 16.5. The average Bonchev–Trinajstić information content (AvgIpc) is 2.82.